The van der Waals surface area contributed by atoms with Gasteiger partial charge in [-0.1, -0.05) is 23.5 Å². The standard InChI is InChI=1S/C15H13F3N2O3S/c16-15(17,18)9-3-1-2-8(4-9)13(23)12-5-19-14(24-12)20-6-10(21)11(22)7-20/h1-5,10-11,21-22H,6-7H2/t10-,11-/m0/s1. The van der Waals surface area contributed by atoms with Crippen LogP contribution in [-0.2, 0) is 6.18 Å². The van der Waals surface area contributed by atoms with E-state index in [1.807, 2.05) is 0 Å². The van der Waals surface area contributed by atoms with Crippen molar-refractivity contribution in [2.45, 2.75) is 18.4 Å². The summed E-state index contributed by atoms with van der Waals surface area (Å²) in [7, 11) is 0. The first-order valence-corrected chi connectivity index (χ1v) is 7.86. The summed E-state index contributed by atoms with van der Waals surface area (Å²) in [6, 6.07) is 4.22. The van der Waals surface area contributed by atoms with Crippen molar-refractivity contribution in [3.05, 3.63) is 46.5 Å². The van der Waals surface area contributed by atoms with Crippen molar-refractivity contribution in [1.82, 2.24) is 4.98 Å². The van der Waals surface area contributed by atoms with Gasteiger partial charge in [-0.15, -0.1) is 0 Å². The zero-order valence-electron chi connectivity index (χ0n) is 12.2. The number of hydrogen-bond acceptors (Lipinski definition) is 6. The van der Waals surface area contributed by atoms with Crippen LogP contribution in [0.2, 0.25) is 0 Å². The average Bonchev–Trinajstić information content (AvgIpc) is 3.13. The summed E-state index contributed by atoms with van der Waals surface area (Å²) < 4.78 is 38.2. The number of ketones is 1. The highest BCUT2D eigenvalue weighted by molar-refractivity contribution is 7.17. The molecule has 24 heavy (non-hydrogen) atoms. The molecule has 3 rings (SSSR count). The summed E-state index contributed by atoms with van der Waals surface area (Å²) in [6.45, 7) is 0.373. The predicted octanol–water partition coefficient (Wildman–Crippen LogP) is 1.93. The van der Waals surface area contributed by atoms with E-state index in [1.54, 1.807) is 4.90 Å². The molecule has 2 aromatic rings. The molecule has 128 valence electrons. The molecule has 0 saturated carbocycles. The van der Waals surface area contributed by atoms with Crippen LogP contribution in [0.4, 0.5) is 18.3 Å². The van der Waals surface area contributed by atoms with Crippen LogP contribution in [0.15, 0.2) is 30.5 Å². The van der Waals surface area contributed by atoms with Crippen molar-refractivity contribution in [3.8, 4) is 0 Å². The topological polar surface area (TPSA) is 73.7 Å². The molecule has 1 aliphatic heterocycles. The number of nitrogens with zero attached hydrogens (tertiary/aromatic N) is 2. The molecular formula is C15H13F3N2O3S. The molecule has 9 heteroatoms. The number of rotatable bonds is 3. The summed E-state index contributed by atoms with van der Waals surface area (Å²) >= 11 is 1.01. The Morgan fingerprint density at radius 1 is 1.25 bits per heavy atom. The smallest absolute Gasteiger partial charge is 0.389 e. The molecule has 0 aliphatic carbocycles. The van der Waals surface area contributed by atoms with Crippen molar-refractivity contribution in [3.63, 3.8) is 0 Å². The third-order valence-corrected chi connectivity index (χ3v) is 4.76. The first-order valence-electron chi connectivity index (χ1n) is 7.04. The molecule has 0 bridgehead atoms. The van der Waals surface area contributed by atoms with E-state index in [4.69, 9.17) is 0 Å². The molecule has 1 aromatic heterocycles. The van der Waals surface area contributed by atoms with Gasteiger partial charge in [0.15, 0.2) is 5.13 Å². The van der Waals surface area contributed by atoms with Gasteiger partial charge >= 0.3 is 6.18 Å². The Balaban J connectivity index is 1.82. The predicted molar refractivity (Wildman–Crippen MR) is 81.2 cm³/mol. The molecule has 0 spiro atoms. The van der Waals surface area contributed by atoms with Gasteiger partial charge in [-0.25, -0.2) is 4.98 Å². The van der Waals surface area contributed by atoms with E-state index in [2.05, 4.69) is 4.98 Å². The maximum atomic E-state index is 12.7. The van der Waals surface area contributed by atoms with Gasteiger partial charge in [-0.05, 0) is 12.1 Å². The van der Waals surface area contributed by atoms with Crippen molar-refractivity contribution in [2.75, 3.05) is 18.0 Å². The number of β-amino-alcohol motifs (C(OH)–C–C–N with tert-alkyl or cyclic N) is 2. The normalized spacial score (nSPS) is 21.3. The lowest BCUT2D eigenvalue weighted by molar-refractivity contribution is -0.137. The second kappa shape index (κ2) is 6.15. The van der Waals surface area contributed by atoms with Crippen LogP contribution >= 0.6 is 11.3 Å². The number of benzene rings is 1. The molecule has 1 aromatic carbocycles. The number of aliphatic hydroxyl groups excluding tert-OH is 2. The fourth-order valence-electron chi connectivity index (χ4n) is 2.42. The number of carbonyl (C=O) groups is 1. The maximum absolute atomic E-state index is 12.7. The number of anilines is 1. The van der Waals surface area contributed by atoms with Gasteiger partial charge in [0, 0.05) is 18.7 Å². The molecule has 0 radical (unpaired) electrons. The molecule has 2 heterocycles. The number of carbonyl (C=O) groups excluding carboxylic acids is 1. The van der Waals surface area contributed by atoms with E-state index in [0.717, 1.165) is 23.5 Å². The summed E-state index contributed by atoms with van der Waals surface area (Å²) in [4.78, 5) is 18.3. The third-order valence-electron chi connectivity index (χ3n) is 3.70. The zero-order chi connectivity index (χ0) is 17.5. The van der Waals surface area contributed by atoms with Crippen molar-refractivity contribution >= 4 is 22.3 Å². The number of hydrogen-bond donors (Lipinski definition) is 2. The minimum absolute atomic E-state index is 0.0680. The van der Waals surface area contributed by atoms with E-state index < -0.39 is 29.7 Å². The Labute approximate surface area is 139 Å². The van der Waals surface area contributed by atoms with Crippen molar-refractivity contribution < 1.29 is 28.2 Å². The molecule has 1 aliphatic rings. The maximum Gasteiger partial charge on any atom is 0.416 e. The largest absolute Gasteiger partial charge is 0.416 e. The van der Waals surface area contributed by atoms with Gasteiger partial charge in [0.1, 0.15) is 0 Å². The van der Waals surface area contributed by atoms with Crippen LogP contribution in [0.3, 0.4) is 0 Å². The van der Waals surface area contributed by atoms with Crippen molar-refractivity contribution in [1.29, 1.82) is 0 Å². The summed E-state index contributed by atoms with van der Waals surface area (Å²) in [5.41, 5.74) is -0.953. The molecule has 2 N–H and O–H groups in total. The van der Waals surface area contributed by atoms with E-state index in [1.165, 1.54) is 18.3 Å². The second-order valence-electron chi connectivity index (χ2n) is 5.45. The van der Waals surface area contributed by atoms with Crippen LogP contribution in [0.5, 0.6) is 0 Å². The minimum atomic E-state index is -4.52. The fourth-order valence-corrected chi connectivity index (χ4v) is 3.32. The Kier molecular flexibility index (Phi) is 4.33. The highest BCUT2D eigenvalue weighted by Gasteiger charge is 2.32. The first kappa shape index (κ1) is 16.9. The number of halogens is 3. The van der Waals surface area contributed by atoms with Crippen LogP contribution in [0, 0.1) is 0 Å². The van der Waals surface area contributed by atoms with Crippen LogP contribution in [-0.4, -0.2) is 46.3 Å². The molecule has 1 saturated heterocycles. The van der Waals surface area contributed by atoms with E-state index in [9.17, 15) is 28.2 Å². The number of aliphatic hydroxyl groups is 2. The van der Waals surface area contributed by atoms with E-state index in [-0.39, 0.29) is 23.5 Å². The lowest BCUT2D eigenvalue weighted by Crippen LogP contribution is -2.22. The lowest BCUT2D eigenvalue weighted by atomic mass is 10.1. The molecule has 1 fully saturated rings. The summed E-state index contributed by atoms with van der Waals surface area (Å²) in [5, 5.41) is 19.5. The van der Waals surface area contributed by atoms with Gasteiger partial charge < -0.3 is 15.1 Å². The summed E-state index contributed by atoms with van der Waals surface area (Å²) in [6.07, 6.45) is -5.01. The Bertz CT molecular complexity index is 752. The van der Waals surface area contributed by atoms with Gasteiger partial charge in [-0.2, -0.15) is 13.2 Å². The Morgan fingerprint density at radius 2 is 1.92 bits per heavy atom. The average molecular weight is 358 g/mol. The first-order chi connectivity index (χ1) is 11.3. The summed E-state index contributed by atoms with van der Waals surface area (Å²) in [5.74, 6) is -0.551. The highest BCUT2D eigenvalue weighted by Crippen LogP contribution is 2.31. The van der Waals surface area contributed by atoms with Gasteiger partial charge in [0.25, 0.3) is 0 Å². The van der Waals surface area contributed by atoms with E-state index >= 15 is 0 Å². The lowest BCUT2D eigenvalue weighted by Gasteiger charge is -2.12. The van der Waals surface area contributed by atoms with Gasteiger partial charge in [0.05, 0.1) is 28.8 Å². The fraction of sp³-hybridized carbons (Fsp3) is 0.333. The Morgan fingerprint density at radius 3 is 2.54 bits per heavy atom. The van der Waals surface area contributed by atoms with E-state index in [0.29, 0.717) is 5.13 Å². The minimum Gasteiger partial charge on any atom is -0.389 e. The number of aromatic nitrogens is 1. The molecule has 5 nitrogen and oxygen atoms in total. The number of thiazole rings is 1. The molecule has 0 amide bonds. The van der Waals surface area contributed by atoms with Crippen molar-refractivity contribution in [2.24, 2.45) is 0 Å². The van der Waals surface area contributed by atoms with Crippen LogP contribution < -0.4 is 4.90 Å². The number of alkyl halides is 3. The molecule has 0 unspecified atom stereocenters. The quantitative estimate of drug-likeness (QED) is 0.821. The van der Waals surface area contributed by atoms with Gasteiger partial charge in [-0.3, -0.25) is 4.79 Å². The second-order valence-corrected chi connectivity index (χ2v) is 6.46. The third kappa shape index (κ3) is 3.28. The van der Waals surface area contributed by atoms with Crippen LogP contribution in [0.1, 0.15) is 20.8 Å². The SMILES string of the molecule is O=C(c1cccc(C(F)(F)F)c1)c1cnc(N2C[C@H](O)[C@@H](O)C2)s1. The monoisotopic (exact) mass is 358 g/mol. The Hall–Kier alpha value is -1.97. The zero-order valence-corrected chi connectivity index (χ0v) is 13.0. The van der Waals surface area contributed by atoms with Crippen LogP contribution in [0.25, 0.3) is 0 Å². The van der Waals surface area contributed by atoms with Gasteiger partial charge in [0.2, 0.25) is 5.78 Å². The molecule has 2 atom stereocenters. The highest BCUT2D eigenvalue weighted by atomic mass is 32.1. The molecular weight excluding hydrogens is 345 g/mol.